The molecule has 84 valence electrons. The second kappa shape index (κ2) is 5.10. The zero-order valence-corrected chi connectivity index (χ0v) is 10.2. The van der Waals surface area contributed by atoms with Crippen LogP contribution in [0.25, 0.3) is 0 Å². The van der Waals surface area contributed by atoms with Crippen LogP contribution < -0.4 is 5.73 Å². The van der Waals surface area contributed by atoms with Gasteiger partial charge in [0.2, 0.25) is 0 Å². The molecule has 1 aliphatic carbocycles. The summed E-state index contributed by atoms with van der Waals surface area (Å²) in [5.74, 6) is 0.833. The summed E-state index contributed by atoms with van der Waals surface area (Å²) < 4.78 is 0. The van der Waals surface area contributed by atoms with Gasteiger partial charge in [-0.3, -0.25) is 0 Å². The van der Waals surface area contributed by atoms with Crippen LogP contribution in [0.3, 0.4) is 0 Å². The van der Waals surface area contributed by atoms with E-state index in [1.165, 1.54) is 18.4 Å². The van der Waals surface area contributed by atoms with Gasteiger partial charge >= 0.3 is 0 Å². The lowest BCUT2D eigenvalue weighted by Gasteiger charge is -2.18. The molecule has 1 aromatic rings. The minimum atomic E-state index is 0.440. The first-order valence-corrected chi connectivity index (χ1v) is 6.65. The smallest absolute Gasteiger partial charge is 0.0238 e. The molecule has 1 atom stereocenters. The summed E-state index contributed by atoms with van der Waals surface area (Å²) in [4.78, 5) is 2.37. The van der Waals surface area contributed by atoms with Crippen molar-refractivity contribution in [3.05, 3.63) is 22.4 Å². The maximum absolute atomic E-state index is 6.08. The highest BCUT2D eigenvalue weighted by molar-refractivity contribution is 7.07. The normalized spacial score (nSPS) is 18.3. The quantitative estimate of drug-likeness (QED) is 0.803. The standard InChI is InChI=1S/C12H20N2S/c1-14(8-10-5-7-15-9-10)6-4-12(13)11-2-3-11/h5,7,9,11-12H,2-4,6,8,13H2,1H3. The van der Waals surface area contributed by atoms with Crippen molar-refractivity contribution in [3.63, 3.8) is 0 Å². The Balaban J connectivity index is 1.65. The maximum atomic E-state index is 6.08. The molecule has 3 heteroatoms. The number of thiophene rings is 1. The Kier molecular flexibility index (Phi) is 3.78. The summed E-state index contributed by atoms with van der Waals surface area (Å²) in [5, 5.41) is 4.36. The largest absolute Gasteiger partial charge is 0.327 e. The molecule has 0 aliphatic heterocycles. The van der Waals surface area contributed by atoms with Crippen molar-refractivity contribution in [2.24, 2.45) is 11.7 Å². The SMILES string of the molecule is CN(CCC(N)C1CC1)Cc1ccsc1. The second-order valence-corrected chi connectivity index (χ2v) is 5.44. The fourth-order valence-electron chi connectivity index (χ4n) is 1.90. The summed E-state index contributed by atoms with van der Waals surface area (Å²) >= 11 is 1.77. The molecule has 1 aliphatic rings. The first-order valence-electron chi connectivity index (χ1n) is 5.71. The van der Waals surface area contributed by atoms with Crippen molar-refractivity contribution >= 4 is 11.3 Å². The fourth-order valence-corrected chi connectivity index (χ4v) is 2.56. The van der Waals surface area contributed by atoms with Crippen molar-refractivity contribution in [2.75, 3.05) is 13.6 Å². The third kappa shape index (κ3) is 3.59. The van der Waals surface area contributed by atoms with E-state index in [-0.39, 0.29) is 0 Å². The molecule has 0 saturated heterocycles. The van der Waals surface area contributed by atoms with E-state index < -0.39 is 0 Å². The molecule has 2 nitrogen and oxygen atoms in total. The summed E-state index contributed by atoms with van der Waals surface area (Å²) in [6.45, 7) is 2.17. The Morgan fingerprint density at radius 2 is 2.40 bits per heavy atom. The van der Waals surface area contributed by atoms with Crippen molar-refractivity contribution in [1.82, 2.24) is 4.90 Å². The van der Waals surface area contributed by atoms with E-state index in [0.29, 0.717) is 6.04 Å². The Morgan fingerprint density at radius 3 is 3.00 bits per heavy atom. The van der Waals surface area contributed by atoms with Crippen LogP contribution in [0.5, 0.6) is 0 Å². The van der Waals surface area contributed by atoms with Gasteiger partial charge in [-0.1, -0.05) is 0 Å². The highest BCUT2D eigenvalue weighted by atomic mass is 32.1. The molecule has 1 heterocycles. The second-order valence-electron chi connectivity index (χ2n) is 4.66. The summed E-state index contributed by atoms with van der Waals surface area (Å²) in [5.41, 5.74) is 7.50. The van der Waals surface area contributed by atoms with Gasteiger partial charge in [-0.15, -0.1) is 0 Å². The zero-order valence-electron chi connectivity index (χ0n) is 9.36. The van der Waals surface area contributed by atoms with Gasteiger partial charge in [0, 0.05) is 12.6 Å². The molecular formula is C12H20N2S. The van der Waals surface area contributed by atoms with Crippen LogP contribution >= 0.6 is 11.3 Å². The highest BCUT2D eigenvalue weighted by Gasteiger charge is 2.28. The van der Waals surface area contributed by atoms with Gasteiger partial charge in [0.1, 0.15) is 0 Å². The molecule has 0 spiro atoms. The van der Waals surface area contributed by atoms with Gasteiger partial charge in [-0.05, 0) is 61.2 Å². The molecule has 15 heavy (non-hydrogen) atoms. The molecule has 1 saturated carbocycles. The number of hydrogen-bond donors (Lipinski definition) is 1. The van der Waals surface area contributed by atoms with E-state index in [1.54, 1.807) is 11.3 Å². The molecule has 2 N–H and O–H groups in total. The van der Waals surface area contributed by atoms with Crippen LogP contribution in [-0.4, -0.2) is 24.5 Å². The average molecular weight is 224 g/mol. The Bertz CT molecular complexity index is 280. The van der Waals surface area contributed by atoms with Gasteiger partial charge in [0.05, 0.1) is 0 Å². The van der Waals surface area contributed by atoms with E-state index in [2.05, 4.69) is 28.8 Å². The minimum absolute atomic E-state index is 0.440. The predicted molar refractivity (Wildman–Crippen MR) is 66.0 cm³/mol. The third-order valence-electron chi connectivity index (χ3n) is 3.10. The van der Waals surface area contributed by atoms with E-state index >= 15 is 0 Å². The van der Waals surface area contributed by atoms with E-state index in [9.17, 15) is 0 Å². The van der Waals surface area contributed by atoms with E-state index in [4.69, 9.17) is 5.73 Å². The number of rotatable bonds is 6. The predicted octanol–water partition coefficient (Wildman–Crippen LogP) is 2.31. The van der Waals surface area contributed by atoms with Crippen molar-refractivity contribution < 1.29 is 0 Å². The molecule has 0 amide bonds. The minimum Gasteiger partial charge on any atom is -0.327 e. The monoisotopic (exact) mass is 224 g/mol. The lowest BCUT2D eigenvalue weighted by atomic mass is 10.1. The molecule has 0 radical (unpaired) electrons. The van der Waals surface area contributed by atoms with Crippen LogP contribution in [0.4, 0.5) is 0 Å². The van der Waals surface area contributed by atoms with Crippen LogP contribution in [0, 0.1) is 5.92 Å². The molecule has 0 aromatic carbocycles. The van der Waals surface area contributed by atoms with Gasteiger partial charge < -0.3 is 10.6 Å². The molecule has 1 unspecified atom stereocenters. The van der Waals surface area contributed by atoms with Gasteiger partial charge in [0.15, 0.2) is 0 Å². The summed E-state index contributed by atoms with van der Waals surface area (Å²) in [6, 6.07) is 2.64. The first kappa shape index (κ1) is 11.1. The molecule has 1 aromatic heterocycles. The molecule has 2 rings (SSSR count). The highest BCUT2D eigenvalue weighted by Crippen LogP contribution is 2.32. The molecule has 1 fully saturated rings. The molecule has 0 bridgehead atoms. The fraction of sp³-hybridized carbons (Fsp3) is 0.667. The van der Waals surface area contributed by atoms with E-state index in [0.717, 1.165) is 25.4 Å². The molecular weight excluding hydrogens is 204 g/mol. The Morgan fingerprint density at radius 1 is 1.60 bits per heavy atom. The number of hydrogen-bond acceptors (Lipinski definition) is 3. The first-order chi connectivity index (χ1) is 7.25. The van der Waals surface area contributed by atoms with Gasteiger partial charge in [-0.2, -0.15) is 11.3 Å². The van der Waals surface area contributed by atoms with Crippen LogP contribution in [0.2, 0.25) is 0 Å². The van der Waals surface area contributed by atoms with Gasteiger partial charge in [0.25, 0.3) is 0 Å². The van der Waals surface area contributed by atoms with Crippen LogP contribution in [0.15, 0.2) is 16.8 Å². The lowest BCUT2D eigenvalue weighted by Crippen LogP contribution is -2.29. The topological polar surface area (TPSA) is 29.3 Å². The van der Waals surface area contributed by atoms with Crippen molar-refractivity contribution in [3.8, 4) is 0 Å². The number of nitrogens with zero attached hydrogens (tertiary/aromatic N) is 1. The third-order valence-corrected chi connectivity index (χ3v) is 3.84. The Labute approximate surface area is 96.1 Å². The Hall–Kier alpha value is -0.380. The van der Waals surface area contributed by atoms with E-state index in [1.807, 2.05) is 0 Å². The van der Waals surface area contributed by atoms with Crippen molar-refractivity contribution in [2.45, 2.75) is 31.8 Å². The van der Waals surface area contributed by atoms with Crippen LogP contribution in [-0.2, 0) is 6.54 Å². The summed E-state index contributed by atoms with van der Waals surface area (Å²) in [6.07, 6.45) is 3.86. The average Bonchev–Trinajstić information content (AvgIpc) is 2.95. The maximum Gasteiger partial charge on any atom is 0.0238 e. The lowest BCUT2D eigenvalue weighted by molar-refractivity contribution is 0.305. The zero-order chi connectivity index (χ0) is 10.7. The summed E-state index contributed by atoms with van der Waals surface area (Å²) in [7, 11) is 2.18. The van der Waals surface area contributed by atoms with Crippen molar-refractivity contribution in [1.29, 1.82) is 0 Å². The van der Waals surface area contributed by atoms with Crippen LogP contribution in [0.1, 0.15) is 24.8 Å². The van der Waals surface area contributed by atoms with Gasteiger partial charge in [-0.25, -0.2) is 0 Å². The number of nitrogens with two attached hydrogens (primary N) is 1.